The molecule has 9 heteroatoms. The molecule has 27 heavy (non-hydrogen) atoms. The Kier molecular flexibility index (Phi) is 5.03. The normalized spacial score (nSPS) is 10.9. The van der Waals surface area contributed by atoms with E-state index in [1.807, 2.05) is 23.6 Å². The van der Waals surface area contributed by atoms with Gasteiger partial charge in [0, 0.05) is 16.8 Å². The molecule has 0 bridgehead atoms. The van der Waals surface area contributed by atoms with Crippen LogP contribution in [0.4, 0.5) is 10.8 Å². The van der Waals surface area contributed by atoms with Crippen molar-refractivity contribution in [3.05, 3.63) is 65.2 Å². The predicted molar refractivity (Wildman–Crippen MR) is 107 cm³/mol. The third kappa shape index (κ3) is 4.09. The number of nitrogens with zero attached hydrogens (tertiary/aromatic N) is 5. The standard InChI is InChI=1S/C18H16N6OS2/c1-12-4-2-3-5-16(12)20-17-19-13(10-26-17)11-27-18-21-22-23-24(18)14-6-8-15(25)9-7-14/h2-10,25H,11H2,1H3,(H,19,20). The van der Waals surface area contributed by atoms with Crippen molar-refractivity contribution in [2.45, 2.75) is 17.8 Å². The zero-order valence-corrected chi connectivity index (χ0v) is 16.0. The average Bonchev–Trinajstić information content (AvgIpc) is 3.32. The summed E-state index contributed by atoms with van der Waals surface area (Å²) in [5.74, 6) is 0.863. The van der Waals surface area contributed by atoms with Crippen molar-refractivity contribution in [3.63, 3.8) is 0 Å². The van der Waals surface area contributed by atoms with Gasteiger partial charge in [0.15, 0.2) is 5.13 Å². The largest absolute Gasteiger partial charge is 0.508 e. The molecule has 0 saturated carbocycles. The Morgan fingerprint density at radius 2 is 1.96 bits per heavy atom. The first kappa shape index (κ1) is 17.5. The number of aromatic hydroxyl groups is 1. The number of hydrogen-bond acceptors (Lipinski definition) is 8. The minimum atomic E-state index is 0.206. The minimum Gasteiger partial charge on any atom is -0.508 e. The van der Waals surface area contributed by atoms with E-state index in [9.17, 15) is 5.11 Å². The fraction of sp³-hybridized carbons (Fsp3) is 0.111. The second-order valence-electron chi connectivity index (χ2n) is 5.76. The molecule has 2 heterocycles. The third-order valence-electron chi connectivity index (χ3n) is 3.82. The van der Waals surface area contributed by atoms with E-state index >= 15 is 0 Å². The Labute approximate surface area is 164 Å². The maximum atomic E-state index is 9.42. The van der Waals surface area contributed by atoms with Crippen LogP contribution >= 0.6 is 23.1 Å². The van der Waals surface area contributed by atoms with Gasteiger partial charge in [0.2, 0.25) is 5.16 Å². The number of para-hydroxylation sites is 1. The van der Waals surface area contributed by atoms with Crippen LogP contribution in [0.5, 0.6) is 5.75 Å². The molecule has 4 rings (SSSR count). The number of phenols is 1. The van der Waals surface area contributed by atoms with E-state index in [4.69, 9.17) is 0 Å². The Hall–Kier alpha value is -2.91. The highest BCUT2D eigenvalue weighted by Crippen LogP contribution is 2.27. The van der Waals surface area contributed by atoms with Crippen LogP contribution in [-0.4, -0.2) is 30.3 Å². The summed E-state index contributed by atoms with van der Waals surface area (Å²) in [7, 11) is 0. The van der Waals surface area contributed by atoms with Crippen molar-refractivity contribution >= 4 is 33.9 Å². The Balaban J connectivity index is 1.43. The molecule has 2 N–H and O–H groups in total. The molecular formula is C18H16N6OS2. The molecule has 0 aliphatic heterocycles. The van der Waals surface area contributed by atoms with Crippen LogP contribution in [0.2, 0.25) is 0 Å². The van der Waals surface area contributed by atoms with Crippen LogP contribution in [0.3, 0.4) is 0 Å². The number of tetrazole rings is 1. The lowest BCUT2D eigenvalue weighted by Gasteiger charge is -2.05. The number of aromatic nitrogens is 5. The molecule has 0 aliphatic rings. The molecule has 136 valence electrons. The van der Waals surface area contributed by atoms with Crippen molar-refractivity contribution in [3.8, 4) is 11.4 Å². The van der Waals surface area contributed by atoms with Crippen LogP contribution in [-0.2, 0) is 5.75 Å². The van der Waals surface area contributed by atoms with Crippen LogP contribution in [0.1, 0.15) is 11.3 Å². The van der Waals surface area contributed by atoms with Gasteiger partial charge < -0.3 is 10.4 Å². The minimum absolute atomic E-state index is 0.206. The number of aryl methyl sites for hydroxylation is 1. The van der Waals surface area contributed by atoms with Crippen molar-refractivity contribution in [1.82, 2.24) is 25.2 Å². The summed E-state index contributed by atoms with van der Waals surface area (Å²) in [6, 6.07) is 14.9. The molecule has 4 aromatic rings. The predicted octanol–water partition coefficient (Wildman–Crippen LogP) is 4.17. The van der Waals surface area contributed by atoms with E-state index in [1.165, 1.54) is 17.3 Å². The SMILES string of the molecule is Cc1ccccc1Nc1nc(CSc2nnnn2-c2ccc(O)cc2)cs1. The average molecular weight is 397 g/mol. The summed E-state index contributed by atoms with van der Waals surface area (Å²) in [6.45, 7) is 2.07. The van der Waals surface area contributed by atoms with Crippen LogP contribution in [0, 0.1) is 6.92 Å². The smallest absolute Gasteiger partial charge is 0.214 e. The highest BCUT2D eigenvalue weighted by molar-refractivity contribution is 7.98. The summed E-state index contributed by atoms with van der Waals surface area (Å²) in [5, 5.41) is 28.2. The molecule has 0 fully saturated rings. The van der Waals surface area contributed by atoms with Gasteiger partial charge in [0.25, 0.3) is 0 Å². The van der Waals surface area contributed by atoms with Gasteiger partial charge in [-0.2, -0.15) is 4.68 Å². The van der Waals surface area contributed by atoms with Crippen molar-refractivity contribution in [2.24, 2.45) is 0 Å². The zero-order valence-electron chi connectivity index (χ0n) is 14.4. The number of hydrogen-bond donors (Lipinski definition) is 2. The molecule has 0 unspecified atom stereocenters. The number of thioether (sulfide) groups is 1. The number of benzene rings is 2. The monoisotopic (exact) mass is 396 g/mol. The first-order valence-electron chi connectivity index (χ1n) is 8.17. The molecular weight excluding hydrogens is 380 g/mol. The molecule has 0 aliphatic carbocycles. The van der Waals surface area contributed by atoms with Crippen molar-refractivity contribution in [1.29, 1.82) is 0 Å². The highest BCUT2D eigenvalue weighted by Gasteiger charge is 2.11. The Morgan fingerprint density at radius 3 is 2.78 bits per heavy atom. The highest BCUT2D eigenvalue weighted by atomic mass is 32.2. The fourth-order valence-corrected chi connectivity index (χ4v) is 4.03. The van der Waals surface area contributed by atoms with E-state index in [0.29, 0.717) is 10.9 Å². The lowest BCUT2D eigenvalue weighted by Crippen LogP contribution is -1.99. The molecule has 0 amide bonds. The van der Waals surface area contributed by atoms with Crippen molar-refractivity contribution < 1.29 is 5.11 Å². The summed E-state index contributed by atoms with van der Waals surface area (Å²) >= 11 is 3.08. The second-order valence-corrected chi connectivity index (χ2v) is 7.56. The van der Waals surface area contributed by atoms with E-state index in [1.54, 1.807) is 40.3 Å². The number of anilines is 2. The van der Waals surface area contributed by atoms with Gasteiger partial charge in [-0.3, -0.25) is 0 Å². The molecule has 0 spiro atoms. The molecule has 2 aromatic carbocycles. The molecule has 7 nitrogen and oxygen atoms in total. The summed E-state index contributed by atoms with van der Waals surface area (Å²) in [5.41, 5.74) is 3.99. The topological polar surface area (TPSA) is 88.8 Å². The van der Waals surface area contributed by atoms with Gasteiger partial charge in [0.05, 0.1) is 11.4 Å². The van der Waals surface area contributed by atoms with Gasteiger partial charge in [-0.05, 0) is 53.2 Å². The van der Waals surface area contributed by atoms with Crippen LogP contribution < -0.4 is 5.32 Å². The number of nitrogens with one attached hydrogen (secondary N) is 1. The van der Waals surface area contributed by atoms with E-state index in [-0.39, 0.29) is 5.75 Å². The summed E-state index contributed by atoms with van der Waals surface area (Å²) in [4.78, 5) is 4.64. The number of phenolic OH excluding ortho intramolecular Hbond substituents is 1. The van der Waals surface area contributed by atoms with Crippen LogP contribution in [0.25, 0.3) is 5.69 Å². The first-order chi connectivity index (χ1) is 13.2. The van der Waals surface area contributed by atoms with Crippen LogP contribution in [0.15, 0.2) is 59.1 Å². The van der Waals surface area contributed by atoms with E-state index in [0.717, 1.165) is 22.2 Å². The fourth-order valence-electron chi connectivity index (χ4n) is 2.42. The molecule has 0 atom stereocenters. The lowest BCUT2D eigenvalue weighted by molar-refractivity contribution is 0.475. The van der Waals surface area contributed by atoms with Gasteiger partial charge in [-0.1, -0.05) is 30.0 Å². The van der Waals surface area contributed by atoms with E-state index < -0.39 is 0 Å². The summed E-state index contributed by atoms with van der Waals surface area (Å²) < 4.78 is 1.64. The van der Waals surface area contributed by atoms with Crippen molar-refractivity contribution in [2.75, 3.05) is 5.32 Å². The Bertz CT molecular complexity index is 1040. The van der Waals surface area contributed by atoms with Gasteiger partial charge in [-0.25, -0.2) is 4.98 Å². The second kappa shape index (κ2) is 7.77. The molecule has 0 radical (unpaired) electrons. The molecule has 2 aromatic heterocycles. The zero-order chi connectivity index (χ0) is 18.6. The summed E-state index contributed by atoms with van der Waals surface area (Å²) in [6.07, 6.45) is 0. The lowest BCUT2D eigenvalue weighted by atomic mass is 10.2. The first-order valence-corrected chi connectivity index (χ1v) is 10.0. The maximum Gasteiger partial charge on any atom is 0.214 e. The quantitative estimate of drug-likeness (QED) is 0.473. The van der Waals surface area contributed by atoms with Gasteiger partial charge in [-0.15, -0.1) is 16.4 Å². The van der Waals surface area contributed by atoms with E-state index in [2.05, 4.69) is 38.8 Å². The maximum absolute atomic E-state index is 9.42. The van der Waals surface area contributed by atoms with Gasteiger partial charge in [0.1, 0.15) is 5.75 Å². The Morgan fingerprint density at radius 1 is 1.15 bits per heavy atom. The number of thiazole rings is 1. The van der Waals surface area contributed by atoms with Gasteiger partial charge >= 0.3 is 0 Å². The number of rotatable bonds is 6. The molecule has 0 saturated heterocycles. The third-order valence-corrected chi connectivity index (χ3v) is 5.58.